The number of thiophene rings is 1. The molecule has 0 amide bonds. The van der Waals surface area contributed by atoms with Crippen LogP contribution in [-0.2, 0) is 12.8 Å². The van der Waals surface area contributed by atoms with Gasteiger partial charge >= 0.3 is 0 Å². The van der Waals surface area contributed by atoms with E-state index in [1.807, 2.05) is 11.3 Å². The Kier molecular flexibility index (Phi) is 3.05. The third-order valence-electron chi connectivity index (χ3n) is 4.29. The van der Waals surface area contributed by atoms with Gasteiger partial charge in [-0.15, -0.1) is 22.9 Å². The third-order valence-corrected chi connectivity index (χ3v) is 5.90. The van der Waals surface area contributed by atoms with Crippen LogP contribution in [-0.4, -0.2) is 0 Å². The van der Waals surface area contributed by atoms with Gasteiger partial charge < -0.3 is 0 Å². The second kappa shape index (κ2) is 4.91. The van der Waals surface area contributed by atoms with Crippen molar-refractivity contribution in [1.82, 2.24) is 0 Å². The van der Waals surface area contributed by atoms with Crippen molar-refractivity contribution >= 4 is 33.0 Å². The van der Waals surface area contributed by atoms with Crippen LogP contribution in [0.1, 0.15) is 22.1 Å². The molecule has 3 aromatic rings. The Hall–Kier alpha value is -1.31. The van der Waals surface area contributed by atoms with Crippen LogP contribution >= 0.6 is 22.9 Å². The minimum absolute atomic E-state index is 0.157. The van der Waals surface area contributed by atoms with Gasteiger partial charge in [-0.2, -0.15) is 0 Å². The molecule has 100 valence electrons. The highest BCUT2D eigenvalue weighted by Gasteiger charge is 2.30. The smallest absolute Gasteiger partial charge is 0.0622 e. The first-order chi connectivity index (χ1) is 9.83. The molecule has 2 heteroatoms. The van der Waals surface area contributed by atoms with Gasteiger partial charge in [-0.3, -0.25) is 0 Å². The predicted molar refractivity (Wildman–Crippen MR) is 87.8 cm³/mol. The summed E-state index contributed by atoms with van der Waals surface area (Å²) >= 11 is 8.52. The average molecular weight is 299 g/mol. The van der Waals surface area contributed by atoms with Gasteiger partial charge in [0.25, 0.3) is 0 Å². The van der Waals surface area contributed by atoms with Crippen molar-refractivity contribution in [2.75, 3.05) is 0 Å². The van der Waals surface area contributed by atoms with Crippen LogP contribution in [0.15, 0.2) is 53.9 Å². The number of halogens is 1. The minimum atomic E-state index is 0.157. The van der Waals surface area contributed by atoms with Gasteiger partial charge in [-0.05, 0) is 52.3 Å². The van der Waals surface area contributed by atoms with Gasteiger partial charge in [0.1, 0.15) is 0 Å². The zero-order chi connectivity index (χ0) is 13.5. The lowest BCUT2D eigenvalue weighted by Gasteiger charge is -2.13. The molecule has 2 aromatic carbocycles. The third kappa shape index (κ3) is 1.97. The molecule has 0 fully saturated rings. The lowest BCUT2D eigenvalue weighted by Crippen LogP contribution is -2.06. The van der Waals surface area contributed by atoms with Crippen LogP contribution in [0.5, 0.6) is 0 Å². The van der Waals surface area contributed by atoms with Crippen LogP contribution < -0.4 is 0 Å². The summed E-state index contributed by atoms with van der Waals surface area (Å²) in [6, 6.07) is 17.3. The summed E-state index contributed by atoms with van der Waals surface area (Å²) in [4.78, 5) is 0. The Morgan fingerprint density at radius 1 is 1.05 bits per heavy atom. The Morgan fingerprint density at radius 2 is 1.85 bits per heavy atom. The van der Waals surface area contributed by atoms with Crippen molar-refractivity contribution < 1.29 is 0 Å². The molecule has 1 heterocycles. The molecule has 0 saturated carbocycles. The number of alkyl halides is 1. The Bertz CT molecular complexity index is 759. The normalized spacial score (nSPS) is 21.2. The summed E-state index contributed by atoms with van der Waals surface area (Å²) in [6.07, 6.45) is 2.18. The molecule has 0 nitrogen and oxygen atoms in total. The standard InChI is InChI=1S/C18H15ClS/c19-18-13(9-12-5-1-2-7-16(12)18)10-14-11-20-17-8-4-3-6-15(14)17/h1-8,11,13,18H,9-10H2. The minimum Gasteiger partial charge on any atom is -0.144 e. The number of benzene rings is 2. The lowest BCUT2D eigenvalue weighted by molar-refractivity contribution is 0.546. The molecule has 1 aliphatic carbocycles. The molecule has 2 unspecified atom stereocenters. The fourth-order valence-corrected chi connectivity index (χ4v) is 4.64. The summed E-state index contributed by atoms with van der Waals surface area (Å²) in [5.41, 5.74) is 4.21. The van der Waals surface area contributed by atoms with Crippen molar-refractivity contribution in [1.29, 1.82) is 0 Å². The maximum atomic E-state index is 6.68. The average Bonchev–Trinajstić information content (AvgIpc) is 3.03. The molecule has 1 aromatic heterocycles. The maximum Gasteiger partial charge on any atom is 0.0622 e. The highest BCUT2D eigenvalue weighted by atomic mass is 35.5. The first-order valence-corrected chi connectivity index (χ1v) is 8.31. The lowest BCUT2D eigenvalue weighted by atomic mass is 9.96. The largest absolute Gasteiger partial charge is 0.144 e. The maximum absolute atomic E-state index is 6.68. The molecule has 20 heavy (non-hydrogen) atoms. The number of fused-ring (bicyclic) bond motifs is 2. The van der Waals surface area contributed by atoms with E-state index in [-0.39, 0.29) is 5.38 Å². The fourth-order valence-electron chi connectivity index (χ4n) is 3.28. The van der Waals surface area contributed by atoms with Crippen LogP contribution in [0.25, 0.3) is 10.1 Å². The molecule has 0 spiro atoms. The highest BCUT2D eigenvalue weighted by Crippen LogP contribution is 2.43. The van der Waals surface area contributed by atoms with E-state index in [9.17, 15) is 0 Å². The SMILES string of the molecule is ClC1c2ccccc2CC1Cc1csc2ccccc12. The molecule has 0 bridgehead atoms. The molecule has 2 atom stereocenters. The van der Waals surface area contributed by atoms with Crippen molar-refractivity contribution in [2.45, 2.75) is 18.2 Å². The van der Waals surface area contributed by atoms with Gasteiger partial charge in [-0.1, -0.05) is 42.5 Å². The number of rotatable bonds is 2. The van der Waals surface area contributed by atoms with E-state index in [0.29, 0.717) is 5.92 Å². The van der Waals surface area contributed by atoms with E-state index in [2.05, 4.69) is 53.9 Å². The van der Waals surface area contributed by atoms with Gasteiger partial charge in [-0.25, -0.2) is 0 Å². The molecule has 0 saturated heterocycles. The summed E-state index contributed by atoms with van der Waals surface area (Å²) < 4.78 is 1.38. The van der Waals surface area contributed by atoms with Crippen LogP contribution in [0.4, 0.5) is 0 Å². The summed E-state index contributed by atoms with van der Waals surface area (Å²) in [5.74, 6) is 0.520. The highest BCUT2D eigenvalue weighted by molar-refractivity contribution is 7.17. The van der Waals surface area contributed by atoms with Gasteiger partial charge in [0.05, 0.1) is 5.38 Å². The fraction of sp³-hybridized carbons (Fsp3) is 0.222. The molecular weight excluding hydrogens is 284 g/mol. The van der Waals surface area contributed by atoms with Crippen LogP contribution in [0.3, 0.4) is 0 Å². The number of hydrogen-bond acceptors (Lipinski definition) is 1. The first-order valence-electron chi connectivity index (χ1n) is 7.00. The van der Waals surface area contributed by atoms with Gasteiger partial charge in [0.15, 0.2) is 0 Å². The van der Waals surface area contributed by atoms with Crippen LogP contribution in [0, 0.1) is 5.92 Å². The van der Waals surface area contributed by atoms with Crippen molar-refractivity contribution in [3.8, 4) is 0 Å². The zero-order valence-electron chi connectivity index (χ0n) is 11.1. The zero-order valence-corrected chi connectivity index (χ0v) is 12.6. The second-order valence-electron chi connectivity index (χ2n) is 5.53. The predicted octanol–water partition coefficient (Wildman–Crippen LogP) is 5.60. The van der Waals surface area contributed by atoms with Gasteiger partial charge in [0.2, 0.25) is 0 Å². The topological polar surface area (TPSA) is 0 Å². The molecule has 0 radical (unpaired) electrons. The van der Waals surface area contributed by atoms with Crippen molar-refractivity contribution in [3.05, 3.63) is 70.6 Å². The molecule has 4 rings (SSSR count). The first kappa shape index (κ1) is 12.4. The van der Waals surface area contributed by atoms with E-state index in [0.717, 1.165) is 12.8 Å². The molecule has 1 aliphatic rings. The van der Waals surface area contributed by atoms with Crippen molar-refractivity contribution in [2.24, 2.45) is 5.92 Å². The Morgan fingerprint density at radius 3 is 2.75 bits per heavy atom. The summed E-state index contributed by atoms with van der Waals surface area (Å²) in [5, 5.41) is 3.86. The van der Waals surface area contributed by atoms with E-state index < -0.39 is 0 Å². The van der Waals surface area contributed by atoms with E-state index in [1.54, 1.807) is 0 Å². The van der Waals surface area contributed by atoms with Crippen LogP contribution in [0.2, 0.25) is 0 Å². The monoisotopic (exact) mass is 298 g/mol. The molecular formula is C18H15ClS. The van der Waals surface area contributed by atoms with E-state index in [4.69, 9.17) is 11.6 Å². The van der Waals surface area contributed by atoms with Crippen molar-refractivity contribution in [3.63, 3.8) is 0 Å². The Balaban J connectivity index is 1.65. The Labute approximate surface area is 128 Å². The van der Waals surface area contributed by atoms with E-state index in [1.165, 1.54) is 26.8 Å². The van der Waals surface area contributed by atoms with E-state index >= 15 is 0 Å². The quantitative estimate of drug-likeness (QED) is 0.541. The van der Waals surface area contributed by atoms with Gasteiger partial charge in [0, 0.05) is 4.70 Å². The number of hydrogen-bond donors (Lipinski definition) is 0. The summed E-state index contributed by atoms with van der Waals surface area (Å²) in [7, 11) is 0. The second-order valence-corrected chi connectivity index (χ2v) is 6.91. The molecule has 0 N–H and O–H groups in total. The molecule has 0 aliphatic heterocycles. The summed E-state index contributed by atoms with van der Waals surface area (Å²) in [6.45, 7) is 0.